The van der Waals surface area contributed by atoms with E-state index in [4.69, 9.17) is 0 Å². The van der Waals surface area contributed by atoms with Crippen molar-refractivity contribution in [2.75, 3.05) is 0 Å². The molecule has 2 aromatic heterocycles. The first-order chi connectivity index (χ1) is 10.5. The number of allylic oxidation sites excluding steroid dienone is 1. The predicted octanol–water partition coefficient (Wildman–Crippen LogP) is 5.51. The molecule has 0 aliphatic heterocycles. The lowest BCUT2D eigenvalue weighted by Crippen LogP contribution is -1.87. The highest BCUT2D eigenvalue weighted by molar-refractivity contribution is 5.68. The van der Waals surface area contributed by atoms with Crippen molar-refractivity contribution in [2.45, 2.75) is 27.7 Å². The molecule has 0 unspecified atom stereocenters. The number of aryl methyl sites for hydroxylation is 1. The van der Waals surface area contributed by atoms with Crippen molar-refractivity contribution < 1.29 is 4.39 Å². The number of nitrogens with zero attached hydrogens (tertiary/aromatic N) is 2. The van der Waals surface area contributed by atoms with Crippen LogP contribution in [-0.2, 0) is 0 Å². The first kappa shape index (κ1) is 16.0. The molecule has 22 heavy (non-hydrogen) atoms. The fraction of sp³-hybridized carbons (Fsp3) is 0.211. The molecule has 0 aliphatic rings. The van der Waals surface area contributed by atoms with Crippen LogP contribution in [0.2, 0.25) is 0 Å². The standard InChI is InChI=1S/C17H15FN2.C2H6/c1-11(2)13-4-5-14(15(18)9-13)16-10-20-7-6-12(3)8-17(20)19-16;1-2/h4-10H,1H2,2-3H3;1-2H3. The number of benzene rings is 1. The zero-order valence-corrected chi connectivity index (χ0v) is 13.5. The van der Waals surface area contributed by atoms with Gasteiger partial charge < -0.3 is 4.40 Å². The molecule has 3 heteroatoms. The lowest BCUT2D eigenvalue weighted by Gasteiger charge is -2.03. The summed E-state index contributed by atoms with van der Waals surface area (Å²) in [6.45, 7) is 11.7. The minimum Gasteiger partial charge on any atom is -0.306 e. The lowest BCUT2D eigenvalue weighted by molar-refractivity contribution is 0.630. The number of imidazole rings is 1. The highest BCUT2D eigenvalue weighted by Gasteiger charge is 2.10. The topological polar surface area (TPSA) is 17.3 Å². The fourth-order valence-corrected chi connectivity index (χ4v) is 2.20. The highest BCUT2D eigenvalue weighted by Crippen LogP contribution is 2.25. The van der Waals surface area contributed by atoms with Gasteiger partial charge in [0.25, 0.3) is 0 Å². The van der Waals surface area contributed by atoms with Crippen LogP contribution in [0, 0.1) is 12.7 Å². The lowest BCUT2D eigenvalue weighted by atomic mass is 10.0. The zero-order chi connectivity index (χ0) is 16.3. The third kappa shape index (κ3) is 3.08. The molecule has 0 saturated carbocycles. The van der Waals surface area contributed by atoms with Gasteiger partial charge in [-0.1, -0.05) is 32.1 Å². The maximum atomic E-state index is 14.2. The van der Waals surface area contributed by atoms with Crippen LogP contribution in [-0.4, -0.2) is 9.38 Å². The van der Waals surface area contributed by atoms with Gasteiger partial charge in [0.15, 0.2) is 0 Å². The first-order valence-electron chi connectivity index (χ1n) is 7.46. The Kier molecular flexibility index (Phi) is 4.76. The monoisotopic (exact) mass is 296 g/mol. The molecule has 0 bridgehead atoms. The second-order valence-electron chi connectivity index (χ2n) is 5.07. The molecule has 0 N–H and O–H groups in total. The van der Waals surface area contributed by atoms with Crippen LogP contribution in [0.25, 0.3) is 22.5 Å². The van der Waals surface area contributed by atoms with Crippen molar-refractivity contribution in [3.8, 4) is 11.3 Å². The normalized spacial score (nSPS) is 10.2. The molecule has 0 saturated heterocycles. The van der Waals surface area contributed by atoms with Gasteiger partial charge in [-0.15, -0.1) is 0 Å². The third-order valence-corrected chi connectivity index (χ3v) is 3.35. The highest BCUT2D eigenvalue weighted by atomic mass is 19.1. The van der Waals surface area contributed by atoms with Crippen LogP contribution in [0.15, 0.2) is 49.3 Å². The van der Waals surface area contributed by atoms with Gasteiger partial charge in [-0.05, 0) is 49.2 Å². The van der Waals surface area contributed by atoms with E-state index in [1.165, 1.54) is 6.07 Å². The van der Waals surface area contributed by atoms with Gasteiger partial charge >= 0.3 is 0 Å². The van der Waals surface area contributed by atoms with Crippen LogP contribution in [0.4, 0.5) is 4.39 Å². The number of rotatable bonds is 2. The summed E-state index contributed by atoms with van der Waals surface area (Å²) in [7, 11) is 0. The van der Waals surface area contributed by atoms with E-state index in [1.807, 2.05) is 62.7 Å². The minimum absolute atomic E-state index is 0.273. The Labute approximate surface area is 130 Å². The number of pyridine rings is 1. The Morgan fingerprint density at radius 2 is 1.91 bits per heavy atom. The summed E-state index contributed by atoms with van der Waals surface area (Å²) < 4.78 is 16.1. The Morgan fingerprint density at radius 1 is 1.18 bits per heavy atom. The Hall–Kier alpha value is -2.42. The van der Waals surface area contributed by atoms with Crippen LogP contribution >= 0.6 is 0 Å². The molecule has 1 aromatic carbocycles. The van der Waals surface area contributed by atoms with Crippen LogP contribution in [0.1, 0.15) is 31.9 Å². The quantitative estimate of drug-likeness (QED) is 0.609. The van der Waals surface area contributed by atoms with E-state index in [0.717, 1.165) is 22.3 Å². The number of halogens is 1. The summed E-state index contributed by atoms with van der Waals surface area (Å²) in [5.41, 5.74) is 4.76. The molecule has 2 heterocycles. The summed E-state index contributed by atoms with van der Waals surface area (Å²) in [5, 5.41) is 0. The Bertz CT molecular complexity index is 815. The summed E-state index contributed by atoms with van der Waals surface area (Å²) in [6, 6.07) is 9.11. The molecular weight excluding hydrogens is 275 g/mol. The summed E-state index contributed by atoms with van der Waals surface area (Å²) in [5.74, 6) is -0.273. The van der Waals surface area contributed by atoms with Crippen LogP contribution < -0.4 is 0 Å². The van der Waals surface area contributed by atoms with Crippen molar-refractivity contribution in [2.24, 2.45) is 0 Å². The zero-order valence-electron chi connectivity index (χ0n) is 13.5. The van der Waals surface area contributed by atoms with Crippen molar-refractivity contribution >= 4 is 11.2 Å². The Balaban J connectivity index is 0.000000847. The molecule has 0 amide bonds. The van der Waals surface area contributed by atoms with E-state index in [9.17, 15) is 4.39 Å². The molecule has 3 rings (SSSR count). The SMILES string of the molecule is C=C(C)c1ccc(-c2cn3ccc(C)cc3n2)c(F)c1.CC. The van der Waals surface area contributed by atoms with Crippen molar-refractivity contribution in [1.82, 2.24) is 9.38 Å². The molecule has 0 spiro atoms. The minimum atomic E-state index is -0.273. The summed E-state index contributed by atoms with van der Waals surface area (Å²) >= 11 is 0. The number of hydrogen-bond acceptors (Lipinski definition) is 1. The average molecular weight is 296 g/mol. The number of hydrogen-bond donors (Lipinski definition) is 0. The molecule has 0 radical (unpaired) electrons. The van der Waals surface area contributed by atoms with E-state index in [-0.39, 0.29) is 5.82 Å². The van der Waals surface area contributed by atoms with Gasteiger partial charge in [0.2, 0.25) is 0 Å². The molecule has 114 valence electrons. The largest absolute Gasteiger partial charge is 0.306 e. The second-order valence-corrected chi connectivity index (χ2v) is 5.07. The molecule has 3 aromatic rings. The van der Waals surface area contributed by atoms with Gasteiger partial charge in [0, 0.05) is 18.0 Å². The molecule has 0 atom stereocenters. The maximum Gasteiger partial charge on any atom is 0.137 e. The van der Waals surface area contributed by atoms with E-state index in [0.29, 0.717) is 11.3 Å². The van der Waals surface area contributed by atoms with Gasteiger partial charge in [0.05, 0.1) is 5.69 Å². The van der Waals surface area contributed by atoms with Crippen LogP contribution in [0.3, 0.4) is 0 Å². The predicted molar refractivity (Wildman–Crippen MR) is 91.4 cm³/mol. The summed E-state index contributed by atoms with van der Waals surface area (Å²) in [4.78, 5) is 4.48. The van der Waals surface area contributed by atoms with Gasteiger partial charge in [-0.25, -0.2) is 9.37 Å². The van der Waals surface area contributed by atoms with E-state index in [1.54, 1.807) is 6.07 Å². The first-order valence-corrected chi connectivity index (χ1v) is 7.46. The van der Waals surface area contributed by atoms with Crippen LogP contribution in [0.5, 0.6) is 0 Å². The smallest absolute Gasteiger partial charge is 0.137 e. The number of aromatic nitrogens is 2. The Morgan fingerprint density at radius 3 is 2.55 bits per heavy atom. The van der Waals surface area contributed by atoms with Gasteiger partial charge in [-0.2, -0.15) is 0 Å². The number of fused-ring (bicyclic) bond motifs is 1. The molecule has 0 fully saturated rings. The van der Waals surface area contributed by atoms with Crippen molar-refractivity contribution in [3.63, 3.8) is 0 Å². The second kappa shape index (κ2) is 6.56. The fourth-order valence-electron chi connectivity index (χ4n) is 2.20. The van der Waals surface area contributed by atoms with E-state index >= 15 is 0 Å². The molecule has 2 nitrogen and oxygen atoms in total. The van der Waals surface area contributed by atoms with Gasteiger partial charge in [-0.3, -0.25) is 0 Å². The van der Waals surface area contributed by atoms with Gasteiger partial charge in [0.1, 0.15) is 11.5 Å². The average Bonchev–Trinajstić information content (AvgIpc) is 2.91. The molecular formula is C19H21FN2. The van der Waals surface area contributed by atoms with Crippen molar-refractivity contribution in [1.29, 1.82) is 0 Å². The third-order valence-electron chi connectivity index (χ3n) is 3.35. The summed E-state index contributed by atoms with van der Waals surface area (Å²) in [6.07, 6.45) is 3.77. The maximum absolute atomic E-state index is 14.2. The molecule has 0 aliphatic carbocycles. The van der Waals surface area contributed by atoms with E-state index in [2.05, 4.69) is 11.6 Å². The van der Waals surface area contributed by atoms with E-state index < -0.39 is 0 Å². The van der Waals surface area contributed by atoms with Crippen molar-refractivity contribution in [3.05, 3.63) is 66.2 Å².